The summed E-state index contributed by atoms with van der Waals surface area (Å²) in [4.78, 5) is 22.1. The summed E-state index contributed by atoms with van der Waals surface area (Å²) in [7, 11) is 0. The van der Waals surface area contributed by atoms with Crippen molar-refractivity contribution in [2.75, 3.05) is 11.9 Å². The van der Waals surface area contributed by atoms with Crippen LogP contribution in [0.4, 0.5) is 10.1 Å². The largest absolute Gasteiger partial charge is 0.478 e. The van der Waals surface area contributed by atoms with E-state index in [0.717, 1.165) is 12.1 Å². The Morgan fingerprint density at radius 2 is 2.29 bits per heavy atom. The van der Waals surface area contributed by atoms with Crippen molar-refractivity contribution in [1.82, 2.24) is 0 Å². The molecule has 1 aromatic rings. The third-order valence-electron chi connectivity index (χ3n) is 2.48. The monoisotopic (exact) mass is 239 g/mol. The lowest BCUT2D eigenvalue weighted by Crippen LogP contribution is -2.25. The summed E-state index contributed by atoms with van der Waals surface area (Å²) in [5, 5.41) is 11.7. The molecule has 0 bridgehead atoms. The van der Waals surface area contributed by atoms with Gasteiger partial charge in [-0.1, -0.05) is 0 Å². The molecule has 2 rings (SSSR count). The van der Waals surface area contributed by atoms with Gasteiger partial charge in [0.05, 0.1) is 12.2 Å². The molecule has 1 heterocycles. The lowest BCUT2D eigenvalue weighted by molar-refractivity contribution is -0.138. The van der Waals surface area contributed by atoms with Crippen LogP contribution in [0.5, 0.6) is 0 Å². The average molecular weight is 239 g/mol. The summed E-state index contributed by atoms with van der Waals surface area (Å²) in [5.41, 5.74) is 0.00690. The van der Waals surface area contributed by atoms with Crippen molar-refractivity contribution in [2.45, 2.75) is 12.5 Å². The molecule has 0 aliphatic carbocycles. The van der Waals surface area contributed by atoms with Crippen molar-refractivity contribution in [2.24, 2.45) is 0 Å². The van der Waals surface area contributed by atoms with Crippen LogP contribution < -0.4 is 5.32 Å². The van der Waals surface area contributed by atoms with Crippen LogP contribution in [0.2, 0.25) is 0 Å². The number of nitrogens with one attached hydrogen (secondary N) is 1. The smallest absolute Gasteiger partial charge is 0.337 e. The van der Waals surface area contributed by atoms with Crippen molar-refractivity contribution in [3.63, 3.8) is 0 Å². The van der Waals surface area contributed by atoms with E-state index in [2.05, 4.69) is 5.32 Å². The molecule has 1 aliphatic heterocycles. The molecule has 2 N–H and O–H groups in total. The Bertz CT molecular complexity index is 475. The van der Waals surface area contributed by atoms with Crippen LogP contribution in [0, 0.1) is 5.82 Å². The number of carbonyl (C=O) groups is 2. The van der Waals surface area contributed by atoms with E-state index in [0.29, 0.717) is 13.0 Å². The second kappa shape index (κ2) is 4.40. The lowest BCUT2D eigenvalue weighted by Gasteiger charge is -2.12. The van der Waals surface area contributed by atoms with E-state index < -0.39 is 23.8 Å². The first-order valence-corrected chi connectivity index (χ1v) is 5.04. The van der Waals surface area contributed by atoms with E-state index >= 15 is 0 Å². The number of rotatable bonds is 3. The molecule has 90 valence electrons. The fourth-order valence-electron chi connectivity index (χ4n) is 1.63. The highest BCUT2D eigenvalue weighted by atomic mass is 19.1. The molecule has 17 heavy (non-hydrogen) atoms. The van der Waals surface area contributed by atoms with Gasteiger partial charge in [0.1, 0.15) is 11.9 Å². The van der Waals surface area contributed by atoms with Crippen molar-refractivity contribution in [3.05, 3.63) is 29.6 Å². The van der Waals surface area contributed by atoms with Gasteiger partial charge in [-0.15, -0.1) is 0 Å². The number of benzene rings is 1. The zero-order valence-corrected chi connectivity index (χ0v) is 8.77. The third kappa shape index (κ3) is 2.35. The standard InChI is InChI=1S/C11H10FNO4/c12-6-1-2-8(7(5-6)10(14)15)13-9-3-4-17-11(9)16/h1-2,5,9,13H,3-4H2,(H,14,15). The maximum absolute atomic E-state index is 12.9. The molecule has 0 spiro atoms. The molecule has 0 amide bonds. The van der Waals surface area contributed by atoms with Crippen LogP contribution in [0.15, 0.2) is 18.2 Å². The minimum absolute atomic E-state index is 0.204. The molecule has 1 aromatic carbocycles. The van der Waals surface area contributed by atoms with Crippen LogP contribution in [-0.2, 0) is 9.53 Å². The van der Waals surface area contributed by atoms with Crippen LogP contribution in [0.3, 0.4) is 0 Å². The number of carboxylic acid groups (broad SMARTS) is 1. The highest BCUT2D eigenvalue weighted by Crippen LogP contribution is 2.20. The van der Waals surface area contributed by atoms with E-state index in [1.54, 1.807) is 0 Å². The number of anilines is 1. The SMILES string of the molecule is O=C(O)c1cc(F)ccc1NC1CCOC1=O. The van der Waals surface area contributed by atoms with E-state index in [9.17, 15) is 14.0 Å². The Morgan fingerprint density at radius 1 is 1.53 bits per heavy atom. The Balaban J connectivity index is 2.25. The Morgan fingerprint density at radius 3 is 2.88 bits per heavy atom. The van der Waals surface area contributed by atoms with Crippen molar-refractivity contribution in [3.8, 4) is 0 Å². The van der Waals surface area contributed by atoms with E-state index in [1.165, 1.54) is 6.07 Å². The second-order valence-corrected chi connectivity index (χ2v) is 3.65. The van der Waals surface area contributed by atoms with Gasteiger partial charge in [0.2, 0.25) is 0 Å². The fourth-order valence-corrected chi connectivity index (χ4v) is 1.63. The zero-order valence-electron chi connectivity index (χ0n) is 8.77. The predicted molar refractivity (Wildman–Crippen MR) is 56.3 cm³/mol. The molecule has 1 saturated heterocycles. The molecule has 0 radical (unpaired) electrons. The first kappa shape index (κ1) is 11.4. The van der Waals surface area contributed by atoms with Crippen molar-refractivity contribution in [1.29, 1.82) is 0 Å². The van der Waals surface area contributed by atoms with Gasteiger partial charge in [-0.2, -0.15) is 0 Å². The number of carbonyl (C=O) groups excluding carboxylic acids is 1. The summed E-state index contributed by atoms with van der Waals surface area (Å²) >= 11 is 0. The first-order chi connectivity index (χ1) is 8.08. The predicted octanol–water partition coefficient (Wildman–Crippen LogP) is 1.25. The molecular formula is C11H10FNO4. The summed E-state index contributed by atoms with van der Waals surface area (Å²) in [6.07, 6.45) is 0.468. The van der Waals surface area contributed by atoms with Gasteiger partial charge < -0.3 is 15.2 Å². The highest BCUT2D eigenvalue weighted by Gasteiger charge is 2.27. The molecule has 1 fully saturated rings. The summed E-state index contributed by atoms with van der Waals surface area (Å²) < 4.78 is 17.7. The molecule has 0 saturated carbocycles. The molecular weight excluding hydrogens is 229 g/mol. The van der Waals surface area contributed by atoms with Gasteiger partial charge in [0, 0.05) is 12.1 Å². The van der Waals surface area contributed by atoms with Gasteiger partial charge in [-0.05, 0) is 18.2 Å². The van der Waals surface area contributed by atoms with Crippen molar-refractivity contribution >= 4 is 17.6 Å². The number of ether oxygens (including phenoxy) is 1. The topological polar surface area (TPSA) is 75.6 Å². The van der Waals surface area contributed by atoms with Gasteiger partial charge in [-0.3, -0.25) is 0 Å². The maximum Gasteiger partial charge on any atom is 0.337 e. The normalized spacial score (nSPS) is 18.9. The fraction of sp³-hybridized carbons (Fsp3) is 0.273. The van der Waals surface area contributed by atoms with Crippen LogP contribution in [-0.4, -0.2) is 29.7 Å². The van der Waals surface area contributed by atoms with Gasteiger partial charge in [0.25, 0.3) is 0 Å². The number of hydrogen-bond acceptors (Lipinski definition) is 4. The highest BCUT2D eigenvalue weighted by molar-refractivity contribution is 5.95. The maximum atomic E-state index is 12.9. The van der Waals surface area contributed by atoms with E-state index in [1.807, 2.05) is 0 Å². The number of halogens is 1. The molecule has 1 unspecified atom stereocenters. The summed E-state index contributed by atoms with van der Waals surface area (Å²) in [6, 6.07) is 2.77. The summed E-state index contributed by atoms with van der Waals surface area (Å²) in [5.74, 6) is -2.31. The minimum atomic E-state index is -1.25. The number of aromatic carboxylic acids is 1. The van der Waals surface area contributed by atoms with Crippen LogP contribution >= 0.6 is 0 Å². The molecule has 5 nitrogen and oxygen atoms in total. The zero-order chi connectivity index (χ0) is 12.4. The quantitative estimate of drug-likeness (QED) is 0.776. The molecule has 1 aliphatic rings. The van der Waals surface area contributed by atoms with Gasteiger partial charge in [0.15, 0.2) is 0 Å². The van der Waals surface area contributed by atoms with E-state index in [-0.39, 0.29) is 11.3 Å². The van der Waals surface area contributed by atoms with Crippen molar-refractivity contribution < 1.29 is 23.8 Å². The Kier molecular flexibility index (Phi) is 2.95. The summed E-state index contributed by atoms with van der Waals surface area (Å²) in [6.45, 7) is 0.306. The number of esters is 1. The second-order valence-electron chi connectivity index (χ2n) is 3.65. The van der Waals surface area contributed by atoms with E-state index in [4.69, 9.17) is 9.84 Å². The molecule has 0 aromatic heterocycles. The first-order valence-electron chi connectivity index (χ1n) is 5.04. The van der Waals surface area contributed by atoms with Crippen LogP contribution in [0.25, 0.3) is 0 Å². The number of cyclic esters (lactones) is 1. The lowest BCUT2D eigenvalue weighted by atomic mass is 10.1. The Labute approximate surface area is 96.2 Å². The number of hydrogen-bond donors (Lipinski definition) is 2. The molecule has 6 heteroatoms. The van der Waals surface area contributed by atoms with Gasteiger partial charge in [-0.25, -0.2) is 14.0 Å². The third-order valence-corrected chi connectivity index (χ3v) is 2.48. The molecule has 1 atom stereocenters. The van der Waals surface area contributed by atoms with Gasteiger partial charge >= 0.3 is 11.9 Å². The number of carboxylic acids is 1. The average Bonchev–Trinajstić information content (AvgIpc) is 2.67. The van der Waals surface area contributed by atoms with Crippen LogP contribution in [0.1, 0.15) is 16.8 Å². The minimum Gasteiger partial charge on any atom is -0.478 e. The Hall–Kier alpha value is -2.11.